The Balaban J connectivity index is 2.50. The lowest BCUT2D eigenvalue weighted by Crippen LogP contribution is -2.28. The second-order valence-electron chi connectivity index (χ2n) is 4.93. The summed E-state index contributed by atoms with van der Waals surface area (Å²) in [4.78, 5) is 17.4. The van der Waals surface area contributed by atoms with Gasteiger partial charge >= 0.3 is 0 Å². The van der Waals surface area contributed by atoms with Crippen molar-refractivity contribution in [3.8, 4) is 5.82 Å². The average molecular weight is 304 g/mol. The summed E-state index contributed by atoms with van der Waals surface area (Å²) in [6.07, 6.45) is 1.64. The number of rotatable bonds is 2. The zero-order valence-electron chi connectivity index (χ0n) is 11.6. The highest BCUT2D eigenvalue weighted by Gasteiger charge is 2.19. The normalized spacial score (nSPS) is 12.8. The van der Waals surface area contributed by atoms with E-state index in [1.54, 1.807) is 31.3 Å². The van der Waals surface area contributed by atoms with Gasteiger partial charge < -0.3 is 5.73 Å². The minimum absolute atomic E-state index is 0.259. The van der Waals surface area contributed by atoms with Gasteiger partial charge in [-0.05, 0) is 26.0 Å². The molecule has 2 aromatic heterocycles. The summed E-state index contributed by atoms with van der Waals surface area (Å²) >= 11 is 6.16. The highest BCUT2D eigenvalue weighted by atomic mass is 35.5. The lowest BCUT2D eigenvalue weighted by atomic mass is 10.2. The molecule has 0 bridgehead atoms. The third kappa shape index (κ3) is 2.12. The van der Waals surface area contributed by atoms with Crippen LogP contribution in [0.5, 0.6) is 0 Å². The minimum atomic E-state index is -0.413. The Kier molecular flexibility index (Phi) is 3.27. The summed E-state index contributed by atoms with van der Waals surface area (Å²) in [6, 6.07) is 4.76. The van der Waals surface area contributed by atoms with Gasteiger partial charge in [-0.2, -0.15) is 5.10 Å². The third-order valence-corrected chi connectivity index (χ3v) is 3.62. The van der Waals surface area contributed by atoms with Crippen LogP contribution in [0, 0.1) is 6.92 Å². The number of aryl methyl sites for hydroxylation is 1. The Morgan fingerprint density at radius 2 is 2.19 bits per heavy atom. The van der Waals surface area contributed by atoms with Crippen molar-refractivity contribution in [1.82, 2.24) is 19.7 Å². The van der Waals surface area contributed by atoms with Crippen LogP contribution in [0.4, 0.5) is 0 Å². The van der Waals surface area contributed by atoms with E-state index in [4.69, 9.17) is 17.3 Å². The smallest absolute Gasteiger partial charge is 0.268 e. The molecule has 0 radical (unpaired) electrons. The van der Waals surface area contributed by atoms with Crippen molar-refractivity contribution in [2.24, 2.45) is 5.73 Å². The van der Waals surface area contributed by atoms with Crippen molar-refractivity contribution in [3.63, 3.8) is 0 Å². The molecule has 0 aliphatic heterocycles. The van der Waals surface area contributed by atoms with Gasteiger partial charge in [-0.25, -0.2) is 9.55 Å². The Morgan fingerprint density at radius 1 is 1.43 bits per heavy atom. The molecule has 1 aromatic carbocycles. The van der Waals surface area contributed by atoms with E-state index in [1.807, 2.05) is 6.92 Å². The van der Waals surface area contributed by atoms with Gasteiger partial charge in [0.2, 0.25) is 0 Å². The van der Waals surface area contributed by atoms with E-state index in [1.165, 1.54) is 4.57 Å². The zero-order chi connectivity index (χ0) is 15.1. The minimum Gasteiger partial charge on any atom is -0.322 e. The molecule has 0 aliphatic carbocycles. The summed E-state index contributed by atoms with van der Waals surface area (Å²) in [5, 5.41) is 7.51. The molecular weight excluding hydrogens is 290 g/mol. The first-order valence-electron chi connectivity index (χ1n) is 6.47. The number of fused-ring (bicyclic) bond motifs is 1. The molecule has 0 aliphatic rings. The first kappa shape index (κ1) is 13.8. The first-order chi connectivity index (χ1) is 10.0. The SMILES string of the molecule is Cc1cn[nH]c1-n1c([C@H](C)N)nc2cccc(Cl)c2c1=O. The van der Waals surface area contributed by atoms with E-state index in [0.717, 1.165) is 5.56 Å². The number of aromatic nitrogens is 4. The van der Waals surface area contributed by atoms with E-state index >= 15 is 0 Å². The van der Waals surface area contributed by atoms with E-state index in [0.29, 0.717) is 27.6 Å². The number of hydrogen-bond donors (Lipinski definition) is 2. The van der Waals surface area contributed by atoms with Crippen LogP contribution in [0.15, 0.2) is 29.2 Å². The standard InChI is InChI=1S/C14H14ClN5O/c1-7-6-17-19-12(7)20-13(8(2)16)18-10-5-3-4-9(15)11(10)14(20)21/h3-6,8H,16H2,1-2H3,(H,17,19)/t8-/m0/s1. The highest BCUT2D eigenvalue weighted by Crippen LogP contribution is 2.22. The molecule has 0 saturated carbocycles. The molecule has 1 atom stereocenters. The molecule has 3 aromatic rings. The van der Waals surface area contributed by atoms with Gasteiger partial charge in [-0.1, -0.05) is 17.7 Å². The number of nitrogens with zero attached hydrogens (tertiary/aromatic N) is 3. The van der Waals surface area contributed by atoms with Crippen LogP contribution in [0.3, 0.4) is 0 Å². The van der Waals surface area contributed by atoms with Gasteiger partial charge in [0, 0.05) is 5.56 Å². The van der Waals surface area contributed by atoms with Crippen molar-refractivity contribution < 1.29 is 0 Å². The van der Waals surface area contributed by atoms with E-state index in [-0.39, 0.29) is 5.56 Å². The van der Waals surface area contributed by atoms with E-state index < -0.39 is 6.04 Å². The van der Waals surface area contributed by atoms with Crippen LogP contribution >= 0.6 is 11.6 Å². The fourth-order valence-electron chi connectivity index (χ4n) is 2.29. The number of aromatic amines is 1. The molecule has 0 spiro atoms. The van der Waals surface area contributed by atoms with Crippen molar-refractivity contribution in [2.75, 3.05) is 0 Å². The van der Waals surface area contributed by atoms with E-state index in [2.05, 4.69) is 15.2 Å². The maximum Gasteiger partial charge on any atom is 0.268 e. The summed E-state index contributed by atoms with van der Waals surface area (Å²) in [7, 11) is 0. The molecule has 7 heteroatoms. The summed E-state index contributed by atoms with van der Waals surface area (Å²) < 4.78 is 1.45. The number of benzene rings is 1. The molecule has 3 N–H and O–H groups in total. The average Bonchev–Trinajstić information content (AvgIpc) is 2.84. The molecule has 108 valence electrons. The summed E-state index contributed by atoms with van der Waals surface area (Å²) in [5.74, 6) is 1.02. The van der Waals surface area contributed by atoms with Gasteiger partial charge in [0.05, 0.1) is 28.2 Å². The number of nitrogens with two attached hydrogens (primary N) is 1. The van der Waals surface area contributed by atoms with Crippen LogP contribution in [-0.4, -0.2) is 19.7 Å². The van der Waals surface area contributed by atoms with E-state index in [9.17, 15) is 4.79 Å². The number of hydrogen-bond acceptors (Lipinski definition) is 4. The Hall–Kier alpha value is -2.18. The molecule has 0 unspecified atom stereocenters. The maximum absolute atomic E-state index is 12.9. The molecule has 0 fully saturated rings. The van der Waals surface area contributed by atoms with Crippen molar-refractivity contribution in [2.45, 2.75) is 19.9 Å². The topological polar surface area (TPSA) is 89.6 Å². The monoisotopic (exact) mass is 303 g/mol. The predicted molar refractivity (Wildman–Crippen MR) is 81.8 cm³/mol. The molecule has 21 heavy (non-hydrogen) atoms. The Morgan fingerprint density at radius 3 is 2.81 bits per heavy atom. The fourth-order valence-corrected chi connectivity index (χ4v) is 2.54. The molecule has 0 saturated heterocycles. The Labute approximate surface area is 125 Å². The summed E-state index contributed by atoms with van der Waals surface area (Å²) in [6.45, 7) is 3.63. The third-order valence-electron chi connectivity index (χ3n) is 3.31. The summed E-state index contributed by atoms with van der Waals surface area (Å²) in [5.41, 5.74) is 7.08. The molecule has 3 rings (SSSR count). The molecular formula is C14H14ClN5O. The number of H-pyrrole nitrogens is 1. The largest absolute Gasteiger partial charge is 0.322 e. The van der Waals surface area contributed by atoms with Gasteiger partial charge in [-0.3, -0.25) is 9.89 Å². The number of halogens is 1. The number of nitrogens with one attached hydrogen (secondary N) is 1. The first-order valence-corrected chi connectivity index (χ1v) is 6.85. The second-order valence-corrected chi connectivity index (χ2v) is 5.34. The Bertz CT molecular complexity index is 881. The maximum atomic E-state index is 12.9. The van der Waals surface area contributed by atoms with Gasteiger partial charge in [-0.15, -0.1) is 0 Å². The van der Waals surface area contributed by atoms with Crippen LogP contribution in [0.2, 0.25) is 5.02 Å². The lowest BCUT2D eigenvalue weighted by Gasteiger charge is -2.15. The van der Waals surface area contributed by atoms with Crippen molar-refractivity contribution in [1.29, 1.82) is 0 Å². The van der Waals surface area contributed by atoms with Crippen LogP contribution in [0.1, 0.15) is 24.4 Å². The lowest BCUT2D eigenvalue weighted by molar-refractivity contribution is 0.686. The molecule has 2 heterocycles. The second kappa shape index (κ2) is 4.98. The zero-order valence-corrected chi connectivity index (χ0v) is 12.3. The van der Waals surface area contributed by atoms with Crippen LogP contribution in [0.25, 0.3) is 16.7 Å². The quantitative estimate of drug-likeness (QED) is 0.758. The van der Waals surface area contributed by atoms with Gasteiger partial charge in [0.1, 0.15) is 11.6 Å². The molecule has 0 amide bonds. The van der Waals surface area contributed by atoms with Gasteiger partial charge in [0.25, 0.3) is 5.56 Å². The highest BCUT2D eigenvalue weighted by molar-refractivity contribution is 6.35. The van der Waals surface area contributed by atoms with Crippen LogP contribution < -0.4 is 11.3 Å². The fraction of sp³-hybridized carbons (Fsp3) is 0.214. The predicted octanol–water partition coefficient (Wildman–Crippen LogP) is 2.09. The van der Waals surface area contributed by atoms with Crippen LogP contribution in [-0.2, 0) is 0 Å². The van der Waals surface area contributed by atoms with Crippen molar-refractivity contribution in [3.05, 3.63) is 51.2 Å². The van der Waals surface area contributed by atoms with Crippen molar-refractivity contribution >= 4 is 22.5 Å². The molecule has 6 nitrogen and oxygen atoms in total. The van der Waals surface area contributed by atoms with Gasteiger partial charge in [0.15, 0.2) is 0 Å².